The SMILES string of the molecule is CC1(CN)CCN(Cc2nc(-c3ccc(F)cc3)no2)C1. The average molecular weight is 290 g/mol. The Balaban J connectivity index is 1.67. The van der Waals surface area contributed by atoms with Gasteiger partial charge < -0.3 is 10.3 Å². The largest absolute Gasteiger partial charge is 0.338 e. The first kappa shape index (κ1) is 14.2. The van der Waals surface area contributed by atoms with Crippen LogP contribution in [0.25, 0.3) is 11.4 Å². The molecule has 112 valence electrons. The van der Waals surface area contributed by atoms with Crippen molar-refractivity contribution in [2.24, 2.45) is 11.1 Å². The lowest BCUT2D eigenvalue weighted by molar-refractivity contribution is 0.239. The fraction of sp³-hybridized carbons (Fsp3) is 0.467. The molecule has 1 saturated heterocycles. The molecule has 21 heavy (non-hydrogen) atoms. The smallest absolute Gasteiger partial charge is 0.241 e. The zero-order chi connectivity index (χ0) is 14.9. The number of rotatable bonds is 4. The summed E-state index contributed by atoms with van der Waals surface area (Å²) in [6.45, 7) is 5.45. The fourth-order valence-electron chi connectivity index (χ4n) is 2.65. The van der Waals surface area contributed by atoms with Crippen LogP contribution in [0.4, 0.5) is 4.39 Å². The number of benzene rings is 1. The van der Waals surface area contributed by atoms with E-state index in [2.05, 4.69) is 22.0 Å². The molecule has 1 aromatic heterocycles. The molecule has 5 nitrogen and oxygen atoms in total. The Morgan fingerprint density at radius 2 is 2.14 bits per heavy atom. The summed E-state index contributed by atoms with van der Waals surface area (Å²) < 4.78 is 18.2. The van der Waals surface area contributed by atoms with Crippen molar-refractivity contribution in [3.63, 3.8) is 0 Å². The third-order valence-corrected chi connectivity index (χ3v) is 4.06. The van der Waals surface area contributed by atoms with Crippen LogP contribution in [-0.4, -0.2) is 34.7 Å². The van der Waals surface area contributed by atoms with E-state index in [1.165, 1.54) is 12.1 Å². The third kappa shape index (κ3) is 3.11. The highest BCUT2D eigenvalue weighted by Crippen LogP contribution is 2.29. The Morgan fingerprint density at radius 3 is 2.81 bits per heavy atom. The molecule has 0 saturated carbocycles. The Hall–Kier alpha value is -1.79. The second kappa shape index (κ2) is 5.54. The van der Waals surface area contributed by atoms with Gasteiger partial charge in [-0.05, 0) is 49.2 Å². The molecule has 2 aromatic rings. The minimum Gasteiger partial charge on any atom is -0.338 e. The van der Waals surface area contributed by atoms with Crippen molar-refractivity contribution >= 4 is 0 Å². The maximum absolute atomic E-state index is 12.9. The molecule has 0 aliphatic carbocycles. The summed E-state index contributed by atoms with van der Waals surface area (Å²) in [5.74, 6) is 0.794. The van der Waals surface area contributed by atoms with Crippen molar-refractivity contribution in [3.05, 3.63) is 36.0 Å². The van der Waals surface area contributed by atoms with Crippen molar-refractivity contribution in [1.82, 2.24) is 15.0 Å². The number of likely N-dealkylation sites (tertiary alicyclic amines) is 1. The van der Waals surface area contributed by atoms with Crippen molar-refractivity contribution in [3.8, 4) is 11.4 Å². The summed E-state index contributed by atoms with van der Waals surface area (Å²) in [4.78, 5) is 6.65. The number of halogens is 1. The Bertz CT molecular complexity index is 612. The van der Waals surface area contributed by atoms with Crippen molar-refractivity contribution in [2.45, 2.75) is 19.9 Å². The topological polar surface area (TPSA) is 68.2 Å². The first-order chi connectivity index (χ1) is 10.1. The first-order valence-corrected chi connectivity index (χ1v) is 7.09. The number of hydrogen-bond acceptors (Lipinski definition) is 5. The molecular formula is C15H19FN4O. The zero-order valence-electron chi connectivity index (χ0n) is 12.1. The van der Waals surface area contributed by atoms with Gasteiger partial charge in [0, 0.05) is 12.1 Å². The predicted octanol–water partition coefficient (Wildman–Crippen LogP) is 2.05. The standard InChI is InChI=1S/C15H19FN4O/c1-15(9-17)6-7-20(10-15)8-13-18-14(19-21-13)11-2-4-12(16)5-3-11/h2-5H,6-10,17H2,1H3. The summed E-state index contributed by atoms with van der Waals surface area (Å²) in [5, 5.41) is 3.95. The van der Waals surface area contributed by atoms with Crippen LogP contribution in [0, 0.1) is 11.2 Å². The van der Waals surface area contributed by atoms with E-state index in [0.717, 1.165) is 25.1 Å². The van der Waals surface area contributed by atoms with Crippen molar-refractivity contribution < 1.29 is 8.91 Å². The summed E-state index contributed by atoms with van der Waals surface area (Å²) in [6, 6.07) is 6.06. The van der Waals surface area contributed by atoms with Gasteiger partial charge in [-0.15, -0.1) is 0 Å². The van der Waals surface area contributed by atoms with Gasteiger partial charge >= 0.3 is 0 Å². The molecule has 1 fully saturated rings. The molecule has 1 aliphatic rings. The highest BCUT2D eigenvalue weighted by Gasteiger charge is 2.33. The molecule has 0 amide bonds. The summed E-state index contributed by atoms with van der Waals surface area (Å²) in [6.07, 6.45) is 1.09. The molecule has 1 aromatic carbocycles. The molecule has 1 unspecified atom stereocenters. The van der Waals surface area contributed by atoms with Gasteiger partial charge in [0.05, 0.1) is 6.54 Å². The minimum absolute atomic E-state index is 0.180. The lowest BCUT2D eigenvalue weighted by atomic mass is 9.90. The molecule has 0 radical (unpaired) electrons. The van der Waals surface area contributed by atoms with E-state index in [1.54, 1.807) is 12.1 Å². The van der Waals surface area contributed by atoms with Crippen LogP contribution in [0.15, 0.2) is 28.8 Å². The summed E-state index contributed by atoms with van der Waals surface area (Å²) in [7, 11) is 0. The van der Waals surface area contributed by atoms with Gasteiger partial charge in [0.15, 0.2) is 0 Å². The lowest BCUT2D eigenvalue weighted by Crippen LogP contribution is -2.31. The van der Waals surface area contributed by atoms with Crippen LogP contribution in [0.2, 0.25) is 0 Å². The fourth-order valence-corrected chi connectivity index (χ4v) is 2.65. The van der Waals surface area contributed by atoms with Gasteiger partial charge in [0.2, 0.25) is 11.7 Å². The number of aromatic nitrogens is 2. The Kier molecular flexibility index (Phi) is 3.73. The van der Waals surface area contributed by atoms with Crippen LogP contribution in [0.3, 0.4) is 0 Å². The monoisotopic (exact) mass is 290 g/mol. The van der Waals surface area contributed by atoms with E-state index in [1.807, 2.05) is 0 Å². The Morgan fingerprint density at radius 1 is 1.38 bits per heavy atom. The van der Waals surface area contributed by atoms with Crippen LogP contribution >= 0.6 is 0 Å². The first-order valence-electron chi connectivity index (χ1n) is 7.09. The van der Waals surface area contributed by atoms with Gasteiger partial charge in [-0.1, -0.05) is 12.1 Å². The van der Waals surface area contributed by atoms with Gasteiger partial charge in [0.1, 0.15) is 5.82 Å². The molecule has 1 atom stereocenters. The number of nitrogens with zero attached hydrogens (tertiary/aromatic N) is 3. The highest BCUT2D eigenvalue weighted by molar-refractivity contribution is 5.53. The van der Waals surface area contributed by atoms with E-state index >= 15 is 0 Å². The van der Waals surface area contributed by atoms with E-state index in [0.29, 0.717) is 24.8 Å². The zero-order valence-corrected chi connectivity index (χ0v) is 12.1. The number of nitrogens with two attached hydrogens (primary N) is 1. The molecular weight excluding hydrogens is 271 g/mol. The molecule has 6 heteroatoms. The van der Waals surface area contributed by atoms with E-state index in [4.69, 9.17) is 10.3 Å². The van der Waals surface area contributed by atoms with E-state index in [-0.39, 0.29) is 11.2 Å². The van der Waals surface area contributed by atoms with E-state index < -0.39 is 0 Å². The quantitative estimate of drug-likeness (QED) is 0.933. The predicted molar refractivity (Wildman–Crippen MR) is 76.7 cm³/mol. The molecule has 1 aliphatic heterocycles. The van der Waals surface area contributed by atoms with Crippen LogP contribution in [0.1, 0.15) is 19.2 Å². The van der Waals surface area contributed by atoms with E-state index in [9.17, 15) is 4.39 Å². The lowest BCUT2D eigenvalue weighted by Gasteiger charge is -2.21. The van der Waals surface area contributed by atoms with Crippen LogP contribution in [0.5, 0.6) is 0 Å². The average Bonchev–Trinajstić information content (AvgIpc) is 3.08. The van der Waals surface area contributed by atoms with Crippen molar-refractivity contribution in [1.29, 1.82) is 0 Å². The maximum Gasteiger partial charge on any atom is 0.241 e. The second-order valence-corrected chi connectivity index (χ2v) is 5.99. The van der Waals surface area contributed by atoms with Crippen LogP contribution in [-0.2, 0) is 6.54 Å². The minimum atomic E-state index is -0.277. The summed E-state index contributed by atoms with van der Waals surface area (Å²) >= 11 is 0. The molecule has 2 heterocycles. The van der Waals surface area contributed by atoms with Crippen LogP contribution < -0.4 is 5.73 Å². The summed E-state index contributed by atoms with van der Waals surface area (Å²) in [5.41, 5.74) is 6.74. The molecule has 2 N–H and O–H groups in total. The van der Waals surface area contributed by atoms with Gasteiger partial charge in [-0.3, -0.25) is 4.90 Å². The highest BCUT2D eigenvalue weighted by atomic mass is 19.1. The molecule has 0 bridgehead atoms. The maximum atomic E-state index is 12.9. The molecule has 3 rings (SSSR count). The van der Waals surface area contributed by atoms with Gasteiger partial charge in [0.25, 0.3) is 0 Å². The van der Waals surface area contributed by atoms with Gasteiger partial charge in [-0.25, -0.2) is 4.39 Å². The normalized spacial score (nSPS) is 22.8. The Labute approximate surface area is 122 Å². The number of hydrogen-bond donors (Lipinski definition) is 1. The third-order valence-electron chi connectivity index (χ3n) is 4.06. The second-order valence-electron chi connectivity index (χ2n) is 5.99. The molecule has 0 spiro atoms. The van der Waals surface area contributed by atoms with Crippen molar-refractivity contribution in [2.75, 3.05) is 19.6 Å². The van der Waals surface area contributed by atoms with Gasteiger partial charge in [-0.2, -0.15) is 4.98 Å².